The molecule has 5 nitrogen and oxygen atoms in total. The molecule has 102 valence electrons. The first kappa shape index (κ1) is 13.4. The molecule has 1 aliphatic carbocycles. The van der Waals surface area contributed by atoms with Crippen LogP contribution < -0.4 is 4.74 Å². The van der Waals surface area contributed by atoms with Gasteiger partial charge in [0.2, 0.25) is 0 Å². The minimum atomic E-state index is -1.03. The summed E-state index contributed by atoms with van der Waals surface area (Å²) in [6.07, 6.45) is 4.78. The van der Waals surface area contributed by atoms with Crippen molar-refractivity contribution >= 4 is 0 Å². The van der Waals surface area contributed by atoms with Gasteiger partial charge in [0.25, 0.3) is 0 Å². The Morgan fingerprint density at radius 3 is 2.72 bits per heavy atom. The third-order valence-electron chi connectivity index (χ3n) is 3.74. The molecule has 0 aromatic carbocycles. The molecule has 1 aromatic rings. The van der Waals surface area contributed by atoms with Crippen molar-refractivity contribution in [2.45, 2.75) is 57.3 Å². The van der Waals surface area contributed by atoms with E-state index in [9.17, 15) is 10.2 Å². The highest BCUT2D eigenvalue weighted by Crippen LogP contribution is 2.42. The highest BCUT2D eigenvalue weighted by atomic mass is 16.5. The topological polar surface area (TPSA) is 67.5 Å². The lowest BCUT2D eigenvalue weighted by Gasteiger charge is -2.29. The Labute approximate surface area is 107 Å². The molecule has 0 spiro atoms. The van der Waals surface area contributed by atoms with Gasteiger partial charge in [-0.15, -0.1) is 0 Å². The Kier molecular flexibility index (Phi) is 3.92. The summed E-state index contributed by atoms with van der Waals surface area (Å²) in [6.45, 7) is 2.76. The number of aryl methyl sites for hydroxylation is 1. The number of aliphatic hydroxyl groups excluding tert-OH is 1. The van der Waals surface area contributed by atoms with Crippen LogP contribution in [0.25, 0.3) is 0 Å². The van der Waals surface area contributed by atoms with Gasteiger partial charge in [0.05, 0.1) is 18.9 Å². The second-order valence-electron chi connectivity index (χ2n) is 5.03. The highest BCUT2D eigenvalue weighted by molar-refractivity contribution is 5.29. The molecule has 1 aromatic heterocycles. The van der Waals surface area contributed by atoms with Gasteiger partial charge < -0.3 is 14.9 Å². The largest absolute Gasteiger partial charge is 0.493 e. The molecule has 1 saturated carbocycles. The number of hydrogen-bond donors (Lipinski definition) is 2. The van der Waals surface area contributed by atoms with E-state index in [0.717, 1.165) is 19.3 Å². The van der Waals surface area contributed by atoms with Gasteiger partial charge in [-0.1, -0.05) is 19.8 Å². The summed E-state index contributed by atoms with van der Waals surface area (Å²) in [6, 6.07) is 0. The van der Waals surface area contributed by atoms with Crippen molar-refractivity contribution in [2.24, 2.45) is 0 Å². The minimum Gasteiger partial charge on any atom is -0.493 e. The SMILES string of the molecule is CCCn1ncc(OC)c1C(O)C1(O)CCCC1. The van der Waals surface area contributed by atoms with Crippen LogP contribution in [0.15, 0.2) is 6.20 Å². The molecule has 0 amide bonds. The van der Waals surface area contributed by atoms with Crippen LogP contribution in [0.1, 0.15) is 50.8 Å². The van der Waals surface area contributed by atoms with Crippen molar-refractivity contribution in [2.75, 3.05) is 7.11 Å². The van der Waals surface area contributed by atoms with Crippen molar-refractivity contribution in [3.05, 3.63) is 11.9 Å². The number of aromatic nitrogens is 2. The van der Waals surface area contributed by atoms with Crippen LogP contribution in [0.3, 0.4) is 0 Å². The summed E-state index contributed by atoms with van der Waals surface area (Å²) in [5, 5.41) is 25.2. The Morgan fingerprint density at radius 2 is 2.17 bits per heavy atom. The fraction of sp³-hybridized carbons (Fsp3) is 0.769. The molecule has 1 fully saturated rings. The number of nitrogens with zero attached hydrogens (tertiary/aromatic N) is 2. The molecule has 5 heteroatoms. The highest BCUT2D eigenvalue weighted by Gasteiger charge is 2.42. The van der Waals surface area contributed by atoms with Gasteiger partial charge in [-0.3, -0.25) is 4.68 Å². The lowest BCUT2D eigenvalue weighted by Crippen LogP contribution is -2.34. The summed E-state index contributed by atoms with van der Waals surface area (Å²) in [5.74, 6) is 0.552. The predicted molar refractivity (Wildman–Crippen MR) is 67.4 cm³/mol. The van der Waals surface area contributed by atoms with Crippen LogP contribution >= 0.6 is 0 Å². The number of aliphatic hydroxyl groups is 2. The van der Waals surface area contributed by atoms with E-state index in [1.165, 1.54) is 0 Å². The van der Waals surface area contributed by atoms with Crippen molar-refractivity contribution in [3.63, 3.8) is 0 Å². The Hall–Kier alpha value is -1.07. The number of rotatable bonds is 5. The summed E-state index contributed by atoms with van der Waals surface area (Å²) in [7, 11) is 1.56. The van der Waals surface area contributed by atoms with E-state index in [2.05, 4.69) is 12.0 Å². The third-order valence-corrected chi connectivity index (χ3v) is 3.74. The third kappa shape index (κ3) is 2.24. The maximum absolute atomic E-state index is 10.5. The monoisotopic (exact) mass is 254 g/mol. The zero-order chi connectivity index (χ0) is 13.2. The van der Waals surface area contributed by atoms with Gasteiger partial charge in [0.1, 0.15) is 11.8 Å². The average Bonchev–Trinajstić information content (AvgIpc) is 2.96. The maximum Gasteiger partial charge on any atom is 0.162 e. The summed E-state index contributed by atoms with van der Waals surface area (Å²) < 4.78 is 6.98. The lowest BCUT2D eigenvalue weighted by molar-refractivity contribution is -0.0764. The van der Waals surface area contributed by atoms with Gasteiger partial charge in [-0.2, -0.15) is 5.10 Å². The molecule has 0 radical (unpaired) electrons. The zero-order valence-electron chi connectivity index (χ0n) is 11.1. The summed E-state index contributed by atoms with van der Waals surface area (Å²) in [4.78, 5) is 0. The Morgan fingerprint density at radius 1 is 1.50 bits per heavy atom. The van der Waals surface area contributed by atoms with Gasteiger partial charge >= 0.3 is 0 Å². The van der Waals surface area contributed by atoms with Gasteiger partial charge in [-0.25, -0.2) is 0 Å². The first-order valence-corrected chi connectivity index (χ1v) is 6.62. The first-order valence-electron chi connectivity index (χ1n) is 6.62. The van der Waals surface area contributed by atoms with E-state index in [1.54, 1.807) is 18.0 Å². The van der Waals surface area contributed by atoms with Crippen LogP contribution in [0.4, 0.5) is 0 Å². The van der Waals surface area contributed by atoms with Crippen LogP contribution in [0.5, 0.6) is 5.75 Å². The Bertz CT molecular complexity index is 397. The molecule has 18 heavy (non-hydrogen) atoms. The van der Waals surface area contributed by atoms with E-state index < -0.39 is 11.7 Å². The van der Waals surface area contributed by atoms with Crippen LogP contribution in [0.2, 0.25) is 0 Å². The summed E-state index contributed by atoms with van der Waals surface area (Å²) >= 11 is 0. The second-order valence-corrected chi connectivity index (χ2v) is 5.03. The lowest BCUT2D eigenvalue weighted by atomic mass is 9.92. The maximum atomic E-state index is 10.5. The Balaban J connectivity index is 2.32. The van der Waals surface area contributed by atoms with Crippen LogP contribution in [0, 0.1) is 0 Å². The van der Waals surface area contributed by atoms with E-state index in [0.29, 0.717) is 30.8 Å². The molecule has 0 aliphatic heterocycles. The minimum absolute atomic E-state index is 0.552. The predicted octanol–water partition coefficient (Wildman–Crippen LogP) is 1.64. The smallest absolute Gasteiger partial charge is 0.162 e. The average molecular weight is 254 g/mol. The molecule has 0 saturated heterocycles. The molecule has 2 rings (SSSR count). The van der Waals surface area contributed by atoms with Gasteiger partial charge in [-0.05, 0) is 19.3 Å². The van der Waals surface area contributed by atoms with Crippen LogP contribution in [-0.2, 0) is 6.54 Å². The van der Waals surface area contributed by atoms with E-state index in [1.807, 2.05) is 0 Å². The second kappa shape index (κ2) is 5.28. The fourth-order valence-electron chi connectivity index (χ4n) is 2.72. The van der Waals surface area contributed by atoms with Crippen molar-refractivity contribution < 1.29 is 14.9 Å². The standard InChI is InChI=1S/C13H22N2O3/c1-3-8-15-11(10(18-2)9-14-15)12(16)13(17)6-4-5-7-13/h9,12,16-17H,3-8H2,1-2H3. The fourth-order valence-corrected chi connectivity index (χ4v) is 2.72. The normalized spacial score (nSPS) is 20.0. The number of ether oxygens (including phenoxy) is 1. The van der Waals surface area contributed by atoms with Crippen molar-refractivity contribution in [1.29, 1.82) is 0 Å². The zero-order valence-corrected chi connectivity index (χ0v) is 11.1. The molecular weight excluding hydrogens is 232 g/mol. The molecule has 1 unspecified atom stereocenters. The summed E-state index contributed by atoms with van der Waals surface area (Å²) in [5.41, 5.74) is -0.428. The van der Waals surface area contributed by atoms with E-state index in [4.69, 9.17) is 4.74 Å². The quantitative estimate of drug-likeness (QED) is 0.838. The molecule has 1 heterocycles. The van der Waals surface area contributed by atoms with E-state index in [-0.39, 0.29) is 0 Å². The van der Waals surface area contributed by atoms with Crippen molar-refractivity contribution in [3.8, 4) is 5.75 Å². The van der Waals surface area contributed by atoms with Crippen LogP contribution in [-0.4, -0.2) is 32.7 Å². The van der Waals surface area contributed by atoms with Gasteiger partial charge in [0, 0.05) is 6.54 Å². The molecular formula is C13H22N2O3. The molecule has 1 atom stereocenters. The molecule has 0 bridgehead atoms. The number of methoxy groups -OCH3 is 1. The van der Waals surface area contributed by atoms with Gasteiger partial charge in [0.15, 0.2) is 5.75 Å². The first-order chi connectivity index (χ1) is 8.62. The van der Waals surface area contributed by atoms with Crippen molar-refractivity contribution in [1.82, 2.24) is 9.78 Å². The molecule has 1 aliphatic rings. The molecule has 2 N–H and O–H groups in total. The van der Waals surface area contributed by atoms with E-state index >= 15 is 0 Å². The number of hydrogen-bond acceptors (Lipinski definition) is 4.